The summed E-state index contributed by atoms with van der Waals surface area (Å²) in [5.41, 5.74) is -0.625. The van der Waals surface area contributed by atoms with E-state index in [2.05, 4.69) is 6.58 Å². The number of carboxylic acids is 1. The zero-order chi connectivity index (χ0) is 16.7. The minimum Gasteiger partial charge on any atom is -0.481 e. The molecule has 0 saturated heterocycles. The Morgan fingerprint density at radius 3 is 2.47 bits per heavy atom. The topological polar surface area (TPSA) is 63.6 Å². The van der Waals surface area contributed by atoms with Gasteiger partial charge in [0, 0.05) is 2.74 Å². The molecule has 0 aliphatic carbocycles. The number of esters is 1. The molecule has 0 aromatic heterocycles. The third-order valence-electron chi connectivity index (χ3n) is 2.45. The summed E-state index contributed by atoms with van der Waals surface area (Å²) < 4.78 is 20.2. The summed E-state index contributed by atoms with van der Waals surface area (Å²) in [5, 5.41) is 9.13. The molecule has 0 fully saturated rings. The van der Waals surface area contributed by atoms with E-state index in [1.165, 1.54) is 6.08 Å². The predicted molar refractivity (Wildman–Crippen MR) is 74.9 cm³/mol. The summed E-state index contributed by atoms with van der Waals surface area (Å²) in [5.74, 6) is -2.32. The van der Waals surface area contributed by atoms with E-state index in [-0.39, 0.29) is 6.42 Å². The van der Waals surface area contributed by atoms with Gasteiger partial charge in [0.05, 0.1) is 12.3 Å². The van der Waals surface area contributed by atoms with Crippen LogP contribution in [0.3, 0.4) is 0 Å². The Bertz CT molecular complexity index is 372. The van der Waals surface area contributed by atoms with Crippen LogP contribution in [0, 0.1) is 5.92 Å². The lowest BCUT2D eigenvalue weighted by Gasteiger charge is -2.21. The molecular formula is C15H26O4. The van der Waals surface area contributed by atoms with Crippen LogP contribution in [-0.2, 0) is 14.3 Å². The normalized spacial score (nSPS) is 15.1. The van der Waals surface area contributed by atoms with Gasteiger partial charge in [0.2, 0.25) is 0 Å². The standard InChI is InChI=1S/C15H26O4/c1-5-6-7-8-9-10-12(14(17)18)11-13(16)19-15(2,3)4/h5,12H,1,6-11H2,2-4H3,(H,17,18)/t12-/m1/s1/i6D2. The van der Waals surface area contributed by atoms with E-state index in [0.717, 1.165) is 0 Å². The van der Waals surface area contributed by atoms with Crippen LogP contribution in [0.15, 0.2) is 12.7 Å². The van der Waals surface area contributed by atoms with Crippen LogP contribution in [0.4, 0.5) is 0 Å². The van der Waals surface area contributed by atoms with E-state index in [0.29, 0.717) is 25.7 Å². The minimum atomic E-state index is -1.43. The Balaban J connectivity index is 4.24. The molecule has 19 heavy (non-hydrogen) atoms. The van der Waals surface area contributed by atoms with E-state index in [4.69, 9.17) is 12.6 Å². The number of hydrogen-bond acceptors (Lipinski definition) is 3. The molecule has 1 N–H and O–H groups in total. The van der Waals surface area contributed by atoms with Crippen LogP contribution >= 0.6 is 0 Å². The van der Waals surface area contributed by atoms with Crippen molar-refractivity contribution in [3.63, 3.8) is 0 Å². The highest BCUT2D eigenvalue weighted by Gasteiger charge is 2.24. The van der Waals surface area contributed by atoms with E-state index >= 15 is 0 Å². The highest BCUT2D eigenvalue weighted by atomic mass is 16.6. The molecule has 0 radical (unpaired) electrons. The molecule has 0 unspecified atom stereocenters. The highest BCUT2D eigenvalue weighted by Crippen LogP contribution is 2.18. The van der Waals surface area contributed by atoms with Gasteiger partial charge in [-0.1, -0.05) is 18.9 Å². The second kappa shape index (κ2) is 8.73. The van der Waals surface area contributed by atoms with Crippen molar-refractivity contribution in [1.82, 2.24) is 0 Å². The fourth-order valence-electron chi connectivity index (χ4n) is 1.62. The lowest BCUT2D eigenvalue weighted by molar-refractivity contribution is -0.160. The van der Waals surface area contributed by atoms with E-state index in [1.807, 2.05) is 0 Å². The molecule has 110 valence electrons. The fourth-order valence-corrected chi connectivity index (χ4v) is 1.62. The van der Waals surface area contributed by atoms with Gasteiger partial charge in [-0.05, 0) is 40.0 Å². The van der Waals surface area contributed by atoms with Crippen molar-refractivity contribution in [2.24, 2.45) is 5.92 Å². The maximum atomic E-state index is 11.7. The van der Waals surface area contributed by atoms with E-state index in [1.54, 1.807) is 20.8 Å². The van der Waals surface area contributed by atoms with Gasteiger partial charge in [0.25, 0.3) is 0 Å². The number of allylic oxidation sites excluding steroid dienone is 1. The summed E-state index contributed by atoms with van der Waals surface area (Å²) >= 11 is 0. The number of unbranched alkanes of at least 4 members (excludes halogenated alkanes) is 1. The van der Waals surface area contributed by atoms with Gasteiger partial charge in [-0.2, -0.15) is 0 Å². The van der Waals surface area contributed by atoms with Crippen molar-refractivity contribution in [1.29, 1.82) is 0 Å². The van der Waals surface area contributed by atoms with Gasteiger partial charge >= 0.3 is 11.9 Å². The van der Waals surface area contributed by atoms with Gasteiger partial charge in [0.1, 0.15) is 5.60 Å². The lowest BCUT2D eigenvalue weighted by Crippen LogP contribution is -2.27. The lowest BCUT2D eigenvalue weighted by atomic mass is 9.97. The Kier molecular flexibility index (Phi) is 6.47. The molecule has 0 aromatic carbocycles. The maximum Gasteiger partial charge on any atom is 0.307 e. The first-order chi connectivity index (χ1) is 9.47. The second-order valence-corrected chi connectivity index (χ2v) is 5.48. The molecule has 0 saturated carbocycles. The van der Waals surface area contributed by atoms with Crippen molar-refractivity contribution in [3.8, 4) is 0 Å². The summed E-state index contributed by atoms with van der Waals surface area (Å²) in [4.78, 5) is 22.8. The largest absolute Gasteiger partial charge is 0.481 e. The van der Waals surface area contributed by atoms with Gasteiger partial charge in [-0.15, -0.1) is 6.58 Å². The van der Waals surface area contributed by atoms with Crippen molar-refractivity contribution in [2.75, 3.05) is 0 Å². The zero-order valence-corrected chi connectivity index (χ0v) is 12.1. The van der Waals surface area contributed by atoms with Gasteiger partial charge in [-0.3, -0.25) is 9.59 Å². The second-order valence-electron chi connectivity index (χ2n) is 5.48. The van der Waals surface area contributed by atoms with Crippen molar-refractivity contribution >= 4 is 11.9 Å². The molecule has 0 amide bonds. The highest BCUT2D eigenvalue weighted by molar-refractivity contribution is 5.78. The molecule has 0 heterocycles. The third kappa shape index (κ3) is 10.3. The summed E-state index contributed by atoms with van der Waals surface area (Å²) in [6.45, 7) is 8.62. The Morgan fingerprint density at radius 2 is 2.00 bits per heavy atom. The van der Waals surface area contributed by atoms with Crippen LogP contribution in [0.1, 0.15) is 62.0 Å². The van der Waals surface area contributed by atoms with Crippen molar-refractivity contribution in [3.05, 3.63) is 12.7 Å². The molecular weight excluding hydrogens is 244 g/mol. The minimum absolute atomic E-state index is 0.152. The van der Waals surface area contributed by atoms with Gasteiger partial charge in [-0.25, -0.2) is 0 Å². The Hall–Kier alpha value is -1.32. The number of hydrogen-bond donors (Lipinski definition) is 1. The molecule has 0 aliphatic rings. The smallest absolute Gasteiger partial charge is 0.307 e. The van der Waals surface area contributed by atoms with Crippen LogP contribution in [0.25, 0.3) is 0 Å². The van der Waals surface area contributed by atoms with Crippen LogP contribution in [-0.4, -0.2) is 22.6 Å². The summed E-state index contributed by atoms with van der Waals surface area (Å²) in [6, 6.07) is 0. The summed E-state index contributed by atoms with van der Waals surface area (Å²) in [6.07, 6.45) is 1.41. The van der Waals surface area contributed by atoms with Crippen LogP contribution in [0.2, 0.25) is 0 Å². The Morgan fingerprint density at radius 1 is 1.37 bits per heavy atom. The number of ether oxygens (including phenoxy) is 1. The first kappa shape index (κ1) is 14.1. The van der Waals surface area contributed by atoms with Crippen LogP contribution in [0.5, 0.6) is 0 Å². The Labute approximate surface area is 118 Å². The first-order valence-electron chi connectivity index (χ1n) is 7.55. The van der Waals surface area contributed by atoms with Crippen molar-refractivity contribution < 1.29 is 22.2 Å². The maximum absolute atomic E-state index is 11.7. The number of carbonyl (C=O) groups is 2. The fraction of sp³-hybridized carbons (Fsp3) is 0.733. The number of aliphatic carboxylic acids is 1. The van der Waals surface area contributed by atoms with Crippen LogP contribution < -0.4 is 0 Å². The third-order valence-corrected chi connectivity index (χ3v) is 2.45. The van der Waals surface area contributed by atoms with Gasteiger partial charge < -0.3 is 9.84 Å². The first-order valence-corrected chi connectivity index (χ1v) is 6.55. The number of rotatable bonds is 9. The number of carboxylic acid groups (broad SMARTS) is 1. The van der Waals surface area contributed by atoms with E-state index in [9.17, 15) is 9.59 Å². The average molecular weight is 272 g/mol. The van der Waals surface area contributed by atoms with Crippen molar-refractivity contribution in [2.45, 2.75) is 64.8 Å². The predicted octanol–water partition coefficient (Wildman–Crippen LogP) is 3.56. The molecule has 0 aromatic rings. The van der Waals surface area contributed by atoms with Gasteiger partial charge in [0.15, 0.2) is 0 Å². The van der Waals surface area contributed by atoms with E-state index < -0.39 is 29.8 Å². The molecule has 0 rings (SSSR count). The molecule has 1 atom stereocenters. The molecule has 0 spiro atoms. The number of carbonyl (C=O) groups excluding carboxylic acids is 1. The average Bonchev–Trinajstić information content (AvgIpc) is 2.30. The quantitative estimate of drug-likeness (QED) is 0.396. The monoisotopic (exact) mass is 272 g/mol. The molecule has 0 bridgehead atoms. The molecule has 0 aliphatic heterocycles. The SMILES string of the molecule is [2H]C([2H])(C=C)CCCC[C@H](CC(=O)OC(C)(C)C)C(=O)O. The summed E-state index contributed by atoms with van der Waals surface area (Å²) in [7, 11) is 0. The molecule has 4 heteroatoms. The zero-order valence-electron chi connectivity index (χ0n) is 14.1. The molecule has 4 nitrogen and oxygen atoms in total.